The standard InChI is InChI=1S/C19H17BrFNO3/c1-10(2)24-12-5-7-16-13(9-12)17(19(23)22-3)18(25-16)11-4-6-14(20)15(21)8-11/h4-10H,1-3H3,(H,22,23). The van der Waals surface area contributed by atoms with Gasteiger partial charge in [0.15, 0.2) is 0 Å². The summed E-state index contributed by atoms with van der Waals surface area (Å²) in [5.74, 6) is 0.229. The highest BCUT2D eigenvalue weighted by Gasteiger charge is 2.22. The van der Waals surface area contributed by atoms with E-state index in [-0.39, 0.29) is 12.0 Å². The first-order chi connectivity index (χ1) is 11.9. The van der Waals surface area contributed by atoms with Gasteiger partial charge >= 0.3 is 0 Å². The Hall–Kier alpha value is -2.34. The van der Waals surface area contributed by atoms with Gasteiger partial charge in [-0.2, -0.15) is 0 Å². The van der Waals surface area contributed by atoms with Crippen molar-refractivity contribution in [3.05, 3.63) is 52.3 Å². The molecule has 4 nitrogen and oxygen atoms in total. The van der Waals surface area contributed by atoms with Crippen molar-refractivity contribution in [2.24, 2.45) is 0 Å². The molecule has 0 aliphatic heterocycles. The molecule has 25 heavy (non-hydrogen) atoms. The fourth-order valence-corrected chi connectivity index (χ4v) is 2.86. The molecule has 0 aliphatic rings. The number of nitrogens with one attached hydrogen (secondary N) is 1. The van der Waals surface area contributed by atoms with Crippen molar-refractivity contribution in [3.63, 3.8) is 0 Å². The van der Waals surface area contributed by atoms with E-state index in [1.807, 2.05) is 13.8 Å². The van der Waals surface area contributed by atoms with Gasteiger partial charge in [-0.05, 0) is 66.2 Å². The van der Waals surface area contributed by atoms with Gasteiger partial charge in [-0.3, -0.25) is 4.79 Å². The minimum Gasteiger partial charge on any atom is -0.491 e. The van der Waals surface area contributed by atoms with Crippen molar-refractivity contribution in [1.29, 1.82) is 0 Å². The molecule has 1 aromatic heterocycles. The molecule has 0 aliphatic carbocycles. The van der Waals surface area contributed by atoms with Crippen molar-refractivity contribution in [2.45, 2.75) is 20.0 Å². The number of benzene rings is 2. The van der Waals surface area contributed by atoms with E-state index in [4.69, 9.17) is 9.15 Å². The van der Waals surface area contributed by atoms with Gasteiger partial charge in [-0.1, -0.05) is 0 Å². The molecule has 1 N–H and O–H groups in total. The van der Waals surface area contributed by atoms with Crippen LogP contribution in [0.4, 0.5) is 4.39 Å². The van der Waals surface area contributed by atoms with E-state index in [1.165, 1.54) is 6.07 Å². The smallest absolute Gasteiger partial charge is 0.255 e. The van der Waals surface area contributed by atoms with Gasteiger partial charge in [0, 0.05) is 18.0 Å². The zero-order chi connectivity index (χ0) is 18.1. The molecule has 1 amide bonds. The molecule has 1 heterocycles. The van der Waals surface area contributed by atoms with E-state index in [9.17, 15) is 9.18 Å². The van der Waals surface area contributed by atoms with Crippen molar-refractivity contribution in [1.82, 2.24) is 5.32 Å². The highest BCUT2D eigenvalue weighted by atomic mass is 79.9. The van der Waals surface area contributed by atoms with Crippen LogP contribution in [0.1, 0.15) is 24.2 Å². The van der Waals surface area contributed by atoms with Gasteiger partial charge in [0.1, 0.15) is 22.9 Å². The van der Waals surface area contributed by atoms with Gasteiger partial charge < -0.3 is 14.5 Å². The summed E-state index contributed by atoms with van der Waals surface area (Å²) in [6, 6.07) is 9.91. The van der Waals surface area contributed by atoms with E-state index >= 15 is 0 Å². The second-order valence-electron chi connectivity index (χ2n) is 5.84. The Bertz CT molecular complexity index is 949. The van der Waals surface area contributed by atoms with Crippen molar-refractivity contribution < 1.29 is 18.3 Å². The molecule has 0 atom stereocenters. The molecular weight excluding hydrogens is 389 g/mol. The van der Waals surface area contributed by atoms with Gasteiger partial charge in [-0.15, -0.1) is 0 Å². The molecule has 0 saturated carbocycles. The third-order valence-corrected chi connectivity index (χ3v) is 4.31. The van der Waals surface area contributed by atoms with Gasteiger partial charge in [0.2, 0.25) is 0 Å². The molecular formula is C19H17BrFNO3. The van der Waals surface area contributed by atoms with Crippen LogP contribution < -0.4 is 10.1 Å². The number of hydrogen-bond donors (Lipinski definition) is 1. The van der Waals surface area contributed by atoms with E-state index in [0.717, 1.165) is 0 Å². The highest BCUT2D eigenvalue weighted by Crippen LogP contribution is 2.36. The normalized spacial score (nSPS) is 11.1. The van der Waals surface area contributed by atoms with Gasteiger partial charge in [0.05, 0.1) is 16.1 Å². The molecule has 0 fully saturated rings. The van der Waals surface area contributed by atoms with Gasteiger partial charge in [0.25, 0.3) is 5.91 Å². The van der Waals surface area contributed by atoms with Crippen LogP contribution in [0.3, 0.4) is 0 Å². The summed E-state index contributed by atoms with van der Waals surface area (Å²) in [5.41, 5.74) is 1.38. The third-order valence-electron chi connectivity index (χ3n) is 3.67. The number of hydrogen-bond acceptors (Lipinski definition) is 3. The Morgan fingerprint density at radius 3 is 2.64 bits per heavy atom. The fourth-order valence-electron chi connectivity index (χ4n) is 2.61. The maximum Gasteiger partial charge on any atom is 0.255 e. The largest absolute Gasteiger partial charge is 0.491 e. The van der Waals surface area contributed by atoms with Crippen molar-refractivity contribution in [3.8, 4) is 17.1 Å². The Kier molecular flexibility index (Phi) is 4.81. The molecule has 0 spiro atoms. The molecule has 0 unspecified atom stereocenters. The minimum absolute atomic E-state index is 0.00726. The molecule has 2 aromatic carbocycles. The lowest BCUT2D eigenvalue weighted by Crippen LogP contribution is -2.18. The Morgan fingerprint density at radius 1 is 1.24 bits per heavy atom. The summed E-state index contributed by atoms with van der Waals surface area (Å²) in [6.45, 7) is 3.85. The number of halogens is 2. The average Bonchev–Trinajstić information content (AvgIpc) is 2.94. The Morgan fingerprint density at radius 2 is 2.00 bits per heavy atom. The van der Waals surface area contributed by atoms with Crippen LogP contribution in [-0.2, 0) is 0 Å². The fraction of sp³-hybridized carbons (Fsp3) is 0.211. The first-order valence-corrected chi connectivity index (χ1v) is 8.60. The monoisotopic (exact) mass is 405 g/mol. The van der Waals surface area contributed by atoms with Crippen LogP contribution in [0, 0.1) is 5.82 Å². The predicted molar refractivity (Wildman–Crippen MR) is 98.5 cm³/mol. The lowest BCUT2D eigenvalue weighted by Gasteiger charge is -2.09. The van der Waals surface area contributed by atoms with Crippen LogP contribution >= 0.6 is 15.9 Å². The predicted octanol–water partition coefficient (Wildman–Crippen LogP) is 5.15. The average molecular weight is 406 g/mol. The summed E-state index contributed by atoms with van der Waals surface area (Å²) in [5, 5.41) is 3.23. The zero-order valence-corrected chi connectivity index (χ0v) is 15.6. The number of ether oxygens (including phenoxy) is 1. The van der Waals surface area contributed by atoms with Crippen LogP contribution in [0.2, 0.25) is 0 Å². The highest BCUT2D eigenvalue weighted by molar-refractivity contribution is 9.10. The molecule has 0 saturated heterocycles. The molecule has 0 bridgehead atoms. The number of amides is 1. The summed E-state index contributed by atoms with van der Waals surface area (Å²) in [6.07, 6.45) is 0.00726. The maximum absolute atomic E-state index is 13.9. The van der Waals surface area contributed by atoms with Crippen molar-refractivity contribution in [2.75, 3.05) is 7.05 Å². The minimum atomic E-state index is -0.426. The molecule has 0 radical (unpaired) electrons. The van der Waals surface area contributed by atoms with Crippen molar-refractivity contribution >= 4 is 32.8 Å². The first kappa shape index (κ1) is 17.5. The Labute approximate surface area is 153 Å². The summed E-state index contributed by atoms with van der Waals surface area (Å²) in [4.78, 5) is 12.5. The number of carbonyl (C=O) groups excluding carboxylic acids is 1. The number of fused-ring (bicyclic) bond motifs is 1. The maximum atomic E-state index is 13.9. The van der Waals surface area contributed by atoms with Crippen LogP contribution in [-0.4, -0.2) is 19.1 Å². The lowest BCUT2D eigenvalue weighted by atomic mass is 10.0. The molecule has 3 rings (SSSR count). The lowest BCUT2D eigenvalue weighted by molar-refractivity contribution is 0.0964. The summed E-state index contributed by atoms with van der Waals surface area (Å²) < 4.78 is 25.8. The number of furan rings is 1. The van der Waals surface area contributed by atoms with E-state index in [0.29, 0.717) is 38.1 Å². The van der Waals surface area contributed by atoms with E-state index in [2.05, 4.69) is 21.2 Å². The second kappa shape index (κ2) is 6.88. The zero-order valence-electron chi connectivity index (χ0n) is 14.0. The Balaban J connectivity index is 2.23. The van der Waals surface area contributed by atoms with Crippen LogP contribution in [0.15, 0.2) is 45.3 Å². The first-order valence-electron chi connectivity index (χ1n) is 7.81. The van der Waals surface area contributed by atoms with Crippen LogP contribution in [0.25, 0.3) is 22.3 Å². The number of rotatable bonds is 4. The summed E-state index contributed by atoms with van der Waals surface area (Å²) in [7, 11) is 1.54. The van der Waals surface area contributed by atoms with Gasteiger partial charge in [-0.25, -0.2) is 4.39 Å². The second-order valence-corrected chi connectivity index (χ2v) is 6.69. The SMILES string of the molecule is CNC(=O)c1c(-c2ccc(Br)c(F)c2)oc2ccc(OC(C)C)cc12. The third kappa shape index (κ3) is 3.39. The summed E-state index contributed by atoms with van der Waals surface area (Å²) >= 11 is 3.13. The topological polar surface area (TPSA) is 51.5 Å². The molecule has 3 aromatic rings. The molecule has 130 valence electrons. The number of carbonyl (C=O) groups is 1. The molecule has 6 heteroatoms. The van der Waals surface area contributed by atoms with E-state index in [1.54, 1.807) is 37.4 Å². The quantitative estimate of drug-likeness (QED) is 0.652. The van der Waals surface area contributed by atoms with Crippen LogP contribution in [0.5, 0.6) is 5.75 Å². The van der Waals surface area contributed by atoms with E-state index < -0.39 is 5.82 Å².